The smallest absolute Gasteiger partial charge is 0.253 e. The summed E-state index contributed by atoms with van der Waals surface area (Å²) in [6, 6.07) is 8.20. The van der Waals surface area contributed by atoms with Gasteiger partial charge in [0.25, 0.3) is 5.91 Å². The van der Waals surface area contributed by atoms with E-state index in [1.165, 1.54) is 31.5 Å². The number of hydrogen-bond donors (Lipinski definition) is 1. The van der Waals surface area contributed by atoms with Crippen LogP contribution in [0.15, 0.2) is 24.3 Å². The molecule has 2 saturated heterocycles. The molecule has 2 aliphatic rings. The lowest BCUT2D eigenvalue weighted by Gasteiger charge is -2.21. The van der Waals surface area contributed by atoms with Gasteiger partial charge in [0.05, 0.1) is 0 Å². The lowest BCUT2D eigenvalue weighted by Crippen LogP contribution is -2.34. The molecule has 0 spiro atoms. The molecule has 1 N–H and O–H groups in total. The van der Waals surface area contributed by atoms with Gasteiger partial charge in [-0.1, -0.05) is 12.1 Å². The zero-order chi connectivity index (χ0) is 14.5. The van der Waals surface area contributed by atoms with Crippen LogP contribution in [-0.4, -0.2) is 55.0 Å². The number of nitrogens with zero attached hydrogens (tertiary/aromatic N) is 2. The summed E-state index contributed by atoms with van der Waals surface area (Å²) in [7, 11) is 0. The number of amides is 1. The van der Waals surface area contributed by atoms with Gasteiger partial charge in [-0.15, -0.1) is 24.8 Å². The van der Waals surface area contributed by atoms with Crippen molar-refractivity contribution in [2.75, 3.05) is 39.3 Å². The minimum absolute atomic E-state index is 0. The fourth-order valence-electron chi connectivity index (χ4n) is 3.23. The van der Waals surface area contributed by atoms with Crippen LogP contribution in [0.5, 0.6) is 0 Å². The highest BCUT2D eigenvalue weighted by Crippen LogP contribution is 2.15. The van der Waals surface area contributed by atoms with Gasteiger partial charge < -0.3 is 10.2 Å². The third-order valence-corrected chi connectivity index (χ3v) is 4.41. The minimum Gasteiger partial charge on any atom is -0.337 e. The highest BCUT2D eigenvalue weighted by Gasteiger charge is 2.18. The number of rotatable bonds is 3. The number of hydrogen-bond acceptors (Lipinski definition) is 3. The topological polar surface area (TPSA) is 35.6 Å². The Balaban J connectivity index is 0.00000132. The van der Waals surface area contributed by atoms with Gasteiger partial charge in [0.2, 0.25) is 0 Å². The number of likely N-dealkylation sites (tertiary alicyclic amines) is 1. The number of carbonyl (C=O) groups is 1. The molecule has 0 aromatic heterocycles. The normalized spacial score (nSPS) is 18.7. The van der Waals surface area contributed by atoms with Crippen LogP contribution in [0.4, 0.5) is 0 Å². The first kappa shape index (κ1) is 20.2. The van der Waals surface area contributed by atoms with Gasteiger partial charge in [0.15, 0.2) is 0 Å². The lowest BCUT2D eigenvalue weighted by atomic mass is 10.1. The molecule has 4 nitrogen and oxygen atoms in total. The fraction of sp³-hybridized carbons (Fsp3) is 0.588. The van der Waals surface area contributed by atoms with E-state index in [4.69, 9.17) is 0 Å². The molecule has 1 aromatic carbocycles. The molecule has 0 unspecified atom stereocenters. The van der Waals surface area contributed by atoms with Crippen LogP contribution in [0.25, 0.3) is 0 Å². The maximum atomic E-state index is 12.6. The van der Waals surface area contributed by atoms with E-state index < -0.39 is 0 Å². The molecule has 3 rings (SSSR count). The van der Waals surface area contributed by atoms with Crippen LogP contribution in [0.3, 0.4) is 0 Å². The first-order chi connectivity index (χ1) is 10.3. The van der Waals surface area contributed by atoms with Crippen molar-refractivity contribution in [2.24, 2.45) is 0 Å². The van der Waals surface area contributed by atoms with Crippen molar-refractivity contribution in [1.82, 2.24) is 15.1 Å². The Morgan fingerprint density at radius 3 is 2.57 bits per heavy atom. The Labute approximate surface area is 151 Å². The van der Waals surface area contributed by atoms with Crippen LogP contribution in [0.1, 0.15) is 35.2 Å². The fourth-order valence-corrected chi connectivity index (χ4v) is 3.23. The van der Waals surface area contributed by atoms with E-state index in [2.05, 4.69) is 22.3 Å². The summed E-state index contributed by atoms with van der Waals surface area (Å²) in [6.45, 7) is 6.95. The molecule has 0 saturated carbocycles. The van der Waals surface area contributed by atoms with E-state index in [-0.39, 0.29) is 30.7 Å². The van der Waals surface area contributed by atoms with Gasteiger partial charge in [0, 0.05) is 31.7 Å². The summed E-state index contributed by atoms with van der Waals surface area (Å²) >= 11 is 0. The summed E-state index contributed by atoms with van der Waals surface area (Å²) in [6.07, 6.45) is 3.65. The number of carbonyl (C=O) groups excluding carboxylic acids is 1. The highest BCUT2D eigenvalue weighted by atomic mass is 35.5. The summed E-state index contributed by atoms with van der Waals surface area (Å²) in [5, 5.41) is 3.34. The van der Waals surface area contributed by atoms with E-state index in [1.807, 2.05) is 17.0 Å². The van der Waals surface area contributed by atoms with Crippen molar-refractivity contribution >= 4 is 30.7 Å². The predicted molar refractivity (Wildman–Crippen MR) is 98.8 cm³/mol. The van der Waals surface area contributed by atoms with E-state index in [1.54, 1.807) is 0 Å². The molecular weight excluding hydrogens is 333 g/mol. The quantitative estimate of drug-likeness (QED) is 0.900. The third-order valence-electron chi connectivity index (χ3n) is 4.41. The van der Waals surface area contributed by atoms with Gasteiger partial charge in [-0.05, 0) is 56.6 Å². The summed E-state index contributed by atoms with van der Waals surface area (Å²) in [4.78, 5) is 17.1. The van der Waals surface area contributed by atoms with E-state index >= 15 is 0 Å². The first-order valence-electron chi connectivity index (χ1n) is 8.14. The van der Waals surface area contributed by atoms with Crippen molar-refractivity contribution in [3.05, 3.63) is 35.4 Å². The summed E-state index contributed by atoms with van der Waals surface area (Å²) in [5.74, 6) is 0.182. The SMILES string of the molecule is Cl.Cl.O=C(c1cccc(CN2CCCC2)c1)N1CCCNCC1. The van der Waals surface area contributed by atoms with Gasteiger partial charge in [-0.25, -0.2) is 0 Å². The maximum absolute atomic E-state index is 12.6. The molecule has 1 amide bonds. The third kappa shape index (κ3) is 5.64. The van der Waals surface area contributed by atoms with Crippen LogP contribution in [-0.2, 0) is 6.54 Å². The van der Waals surface area contributed by atoms with E-state index in [0.29, 0.717) is 0 Å². The molecule has 130 valence electrons. The second-order valence-corrected chi connectivity index (χ2v) is 6.08. The zero-order valence-corrected chi connectivity index (χ0v) is 15.1. The number of benzene rings is 1. The van der Waals surface area contributed by atoms with Crippen LogP contribution in [0, 0.1) is 0 Å². The Morgan fingerprint density at radius 1 is 1.00 bits per heavy atom. The summed E-state index contributed by atoms with van der Waals surface area (Å²) < 4.78 is 0. The van der Waals surface area contributed by atoms with Crippen molar-refractivity contribution in [3.8, 4) is 0 Å². The van der Waals surface area contributed by atoms with Crippen LogP contribution >= 0.6 is 24.8 Å². The molecule has 2 fully saturated rings. The average molecular weight is 360 g/mol. The molecule has 1 aromatic rings. The highest BCUT2D eigenvalue weighted by molar-refractivity contribution is 5.94. The number of nitrogens with one attached hydrogen (secondary N) is 1. The van der Waals surface area contributed by atoms with Crippen LogP contribution in [0.2, 0.25) is 0 Å². The molecular formula is C17H27Cl2N3O. The molecule has 0 radical (unpaired) electrons. The maximum Gasteiger partial charge on any atom is 0.253 e. The molecule has 0 atom stereocenters. The Kier molecular flexibility index (Phi) is 8.92. The summed E-state index contributed by atoms with van der Waals surface area (Å²) in [5.41, 5.74) is 2.10. The minimum atomic E-state index is 0. The molecule has 0 bridgehead atoms. The average Bonchev–Trinajstić information content (AvgIpc) is 2.87. The number of halogens is 2. The van der Waals surface area contributed by atoms with Crippen molar-refractivity contribution < 1.29 is 4.79 Å². The van der Waals surface area contributed by atoms with Gasteiger partial charge in [-0.2, -0.15) is 0 Å². The molecule has 2 heterocycles. The molecule has 6 heteroatoms. The largest absolute Gasteiger partial charge is 0.337 e. The Hall–Kier alpha value is -0.810. The monoisotopic (exact) mass is 359 g/mol. The Bertz CT molecular complexity index is 484. The molecule has 0 aliphatic carbocycles. The van der Waals surface area contributed by atoms with Crippen LogP contribution < -0.4 is 5.32 Å². The predicted octanol–water partition coefficient (Wildman–Crippen LogP) is 2.56. The van der Waals surface area contributed by atoms with Gasteiger partial charge >= 0.3 is 0 Å². The van der Waals surface area contributed by atoms with E-state index in [0.717, 1.165) is 44.7 Å². The van der Waals surface area contributed by atoms with E-state index in [9.17, 15) is 4.79 Å². The lowest BCUT2D eigenvalue weighted by molar-refractivity contribution is 0.0766. The molecule has 2 aliphatic heterocycles. The van der Waals surface area contributed by atoms with Gasteiger partial charge in [0.1, 0.15) is 0 Å². The Morgan fingerprint density at radius 2 is 1.78 bits per heavy atom. The van der Waals surface area contributed by atoms with Crippen molar-refractivity contribution in [3.63, 3.8) is 0 Å². The second kappa shape index (κ2) is 10.1. The van der Waals surface area contributed by atoms with Crippen molar-refractivity contribution in [1.29, 1.82) is 0 Å². The van der Waals surface area contributed by atoms with Crippen molar-refractivity contribution in [2.45, 2.75) is 25.8 Å². The zero-order valence-electron chi connectivity index (χ0n) is 13.5. The standard InChI is InChI=1S/C17H25N3O.2ClH/c21-17(20-11-4-7-18-8-12-20)16-6-3-5-15(13-16)14-19-9-1-2-10-19;;/h3,5-6,13,18H,1-2,4,7-12,14H2;2*1H. The second-order valence-electron chi connectivity index (χ2n) is 6.08. The van der Waals surface area contributed by atoms with Gasteiger partial charge in [-0.3, -0.25) is 9.69 Å². The molecule has 23 heavy (non-hydrogen) atoms. The first-order valence-corrected chi connectivity index (χ1v) is 8.14.